The molecule has 0 bridgehead atoms. The Hall–Kier alpha value is -3.33. The fourth-order valence-corrected chi connectivity index (χ4v) is 2.89. The molecule has 1 heterocycles. The van der Waals surface area contributed by atoms with E-state index >= 15 is 0 Å². The number of methoxy groups -OCH3 is 1. The lowest BCUT2D eigenvalue weighted by molar-refractivity contribution is 0.415. The smallest absolute Gasteiger partial charge is 0.138 e. The molecule has 0 fully saturated rings. The minimum Gasteiger partial charge on any atom is -0.497 e. The van der Waals surface area contributed by atoms with Gasteiger partial charge >= 0.3 is 0 Å². The van der Waals surface area contributed by atoms with Gasteiger partial charge in [-0.05, 0) is 29.8 Å². The molecule has 0 spiro atoms. The fourth-order valence-electron chi connectivity index (χ4n) is 2.89. The number of para-hydroxylation sites is 1. The molecule has 0 aliphatic heterocycles. The minimum atomic E-state index is 0.812. The van der Waals surface area contributed by atoms with E-state index in [-0.39, 0.29) is 0 Å². The maximum absolute atomic E-state index is 5.32. The lowest BCUT2D eigenvalue weighted by Gasteiger charge is -2.14. The molecular formula is C22H18N2O. The van der Waals surface area contributed by atoms with Gasteiger partial charge in [-0.1, -0.05) is 54.6 Å². The molecule has 0 amide bonds. The molecule has 0 saturated heterocycles. The van der Waals surface area contributed by atoms with Crippen molar-refractivity contribution in [2.45, 2.75) is 0 Å². The number of aromatic nitrogens is 1. The summed E-state index contributed by atoms with van der Waals surface area (Å²) in [6.45, 7) is 0. The quantitative estimate of drug-likeness (QED) is 0.526. The van der Waals surface area contributed by atoms with E-state index in [1.165, 1.54) is 0 Å². The summed E-state index contributed by atoms with van der Waals surface area (Å²) >= 11 is 0. The van der Waals surface area contributed by atoms with Crippen molar-refractivity contribution in [1.29, 1.82) is 0 Å². The molecule has 0 aliphatic rings. The van der Waals surface area contributed by atoms with E-state index in [2.05, 4.69) is 29.6 Å². The van der Waals surface area contributed by atoms with E-state index in [9.17, 15) is 0 Å². The first-order valence-corrected chi connectivity index (χ1v) is 8.20. The average Bonchev–Trinajstić information content (AvgIpc) is 2.68. The maximum Gasteiger partial charge on any atom is 0.138 e. The van der Waals surface area contributed by atoms with Gasteiger partial charge < -0.3 is 10.1 Å². The number of fused-ring (bicyclic) bond motifs is 1. The predicted molar refractivity (Wildman–Crippen MR) is 103 cm³/mol. The molecule has 0 saturated carbocycles. The number of ether oxygens (including phenoxy) is 1. The van der Waals surface area contributed by atoms with Crippen LogP contribution in [0.25, 0.3) is 22.0 Å². The van der Waals surface area contributed by atoms with Crippen LogP contribution in [-0.2, 0) is 0 Å². The van der Waals surface area contributed by atoms with Gasteiger partial charge in [0.25, 0.3) is 0 Å². The van der Waals surface area contributed by atoms with Gasteiger partial charge in [-0.15, -0.1) is 0 Å². The third kappa shape index (κ3) is 3.17. The van der Waals surface area contributed by atoms with Crippen molar-refractivity contribution in [3.8, 4) is 16.9 Å². The first kappa shape index (κ1) is 15.2. The molecule has 3 heteroatoms. The van der Waals surface area contributed by atoms with Crippen LogP contribution in [-0.4, -0.2) is 12.1 Å². The summed E-state index contributed by atoms with van der Waals surface area (Å²) in [5.74, 6) is 1.64. The molecule has 1 aromatic heterocycles. The summed E-state index contributed by atoms with van der Waals surface area (Å²) < 4.78 is 5.32. The van der Waals surface area contributed by atoms with Crippen molar-refractivity contribution < 1.29 is 4.74 Å². The van der Waals surface area contributed by atoms with Gasteiger partial charge in [0.2, 0.25) is 0 Å². The Labute approximate surface area is 146 Å². The number of nitrogens with zero attached hydrogens (tertiary/aromatic N) is 1. The van der Waals surface area contributed by atoms with Crippen molar-refractivity contribution in [1.82, 2.24) is 4.98 Å². The van der Waals surface area contributed by atoms with Crippen LogP contribution in [0.15, 0.2) is 84.9 Å². The van der Waals surface area contributed by atoms with E-state index in [1.807, 2.05) is 60.7 Å². The molecule has 4 rings (SSSR count). The van der Waals surface area contributed by atoms with E-state index in [4.69, 9.17) is 9.72 Å². The summed E-state index contributed by atoms with van der Waals surface area (Å²) in [6.07, 6.45) is 0. The SMILES string of the molecule is COc1cccc(Nc2nc3ccccc3cc2-c2ccccc2)c1. The monoisotopic (exact) mass is 326 g/mol. The number of hydrogen-bond acceptors (Lipinski definition) is 3. The molecule has 0 radical (unpaired) electrons. The highest BCUT2D eigenvalue weighted by Gasteiger charge is 2.10. The highest BCUT2D eigenvalue weighted by molar-refractivity contribution is 5.90. The van der Waals surface area contributed by atoms with Gasteiger partial charge in [0, 0.05) is 22.7 Å². The third-order valence-corrected chi connectivity index (χ3v) is 4.14. The second kappa shape index (κ2) is 6.65. The van der Waals surface area contributed by atoms with Crippen molar-refractivity contribution in [3.63, 3.8) is 0 Å². The number of hydrogen-bond donors (Lipinski definition) is 1. The highest BCUT2D eigenvalue weighted by Crippen LogP contribution is 2.32. The zero-order valence-electron chi connectivity index (χ0n) is 13.9. The molecule has 3 aromatic carbocycles. The lowest BCUT2D eigenvalue weighted by atomic mass is 10.0. The van der Waals surface area contributed by atoms with Crippen LogP contribution in [0.2, 0.25) is 0 Å². The highest BCUT2D eigenvalue weighted by atomic mass is 16.5. The van der Waals surface area contributed by atoms with Gasteiger partial charge in [-0.3, -0.25) is 0 Å². The Kier molecular flexibility index (Phi) is 4.05. The average molecular weight is 326 g/mol. The molecule has 3 nitrogen and oxygen atoms in total. The van der Waals surface area contributed by atoms with Gasteiger partial charge in [-0.25, -0.2) is 4.98 Å². The van der Waals surface area contributed by atoms with Crippen LogP contribution in [0.3, 0.4) is 0 Å². The topological polar surface area (TPSA) is 34.1 Å². The van der Waals surface area contributed by atoms with Crippen LogP contribution in [0, 0.1) is 0 Å². The number of benzene rings is 3. The summed E-state index contributed by atoms with van der Waals surface area (Å²) in [4.78, 5) is 4.85. The zero-order chi connectivity index (χ0) is 17.1. The largest absolute Gasteiger partial charge is 0.497 e. The molecule has 0 aliphatic carbocycles. The van der Waals surface area contributed by atoms with Gasteiger partial charge in [0.15, 0.2) is 0 Å². The van der Waals surface area contributed by atoms with Crippen molar-refractivity contribution in [3.05, 3.63) is 84.9 Å². The van der Waals surface area contributed by atoms with E-state index in [1.54, 1.807) is 7.11 Å². The zero-order valence-corrected chi connectivity index (χ0v) is 13.9. The molecule has 0 unspecified atom stereocenters. The second-order valence-corrected chi connectivity index (χ2v) is 5.80. The molecule has 4 aromatic rings. The first-order valence-electron chi connectivity index (χ1n) is 8.20. The number of rotatable bonds is 4. The van der Waals surface area contributed by atoms with E-state index < -0.39 is 0 Å². The Morgan fingerprint density at radius 3 is 2.44 bits per heavy atom. The summed E-state index contributed by atoms with van der Waals surface area (Å²) in [6, 6.07) is 28.5. The van der Waals surface area contributed by atoms with Crippen molar-refractivity contribution in [2.75, 3.05) is 12.4 Å². The number of nitrogens with one attached hydrogen (secondary N) is 1. The lowest BCUT2D eigenvalue weighted by Crippen LogP contribution is -1.98. The molecule has 0 atom stereocenters. The summed E-state index contributed by atoms with van der Waals surface area (Å²) in [7, 11) is 1.67. The minimum absolute atomic E-state index is 0.812. The van der Waals surface area contributed by atoms with Gasteiger partial charge in [0.05, 0.1) is 12.6 Å². The summed E-state index contributed by atoms with van der Waals surface area (Å²) in [5.41, 5.74) is 4.11. The first-order chi connectivity index (χ1) is 12.3. The second-order valence-electron chi connectivity index (χ2n) is 5.80. The maximum atomic E-state index is 5.32. The Bertz CT molecular complexity index is 1010. The molecule has 1 N–H and O–H groups in total. The van der Waals surface area contributed by atoms with Crippen LogP contribution >= 0.6 is 0 Å². The molecular weight excluding hydrogens is 308 g/mol. The van der Waals surface area contributed by atoms with Crippen molar-refractivity contribution in [2.24, 2.45) is 0 Å². The standard InChI is InChI=1S/C22H18N2O/c1-25-19-12-7-11-18(15-19)23-22-20(16-8-3-2-4-9-16)14-17-10-5-6-13-21(17)24-22/h2-15H,1H3,(H,23,24). The number of anilines is 2. The Morgan fingerprint density at radius 2 is 1.60 bits per heavy atom. The van der Waals surface area contributed by atoms with Gasteiger partial charge in [0.1, 0.15) is 11.6 Å². The van der Waals surface area contributed by atoms with E-state index in [0.717, 1.165) is 39.3 Å². The third-order valence-electron chi connectivity index (χ3n) is 4.14. The van der Waals surface area contributed by atoms with Crippen LogP contribution in [0.1, 0.15) is 0 Å². The van der Waals surface area contributed by atoms with Gasteiger partial charge in [-0.2, -0.15) is 0 Å². The van der Waals surface area contributed by atoms with Crippen LogP contribution in [0.5, 0.6) is 5.75 Å². The van der Waals surface area contributed by atoms with Crippen molar-refractivity contribution >= 4 is 22.4 Å². The van der Waals surface area contributed by atoms with Crippen LogP contribution in [0.4, 0.5) is 11.5 Å². The Morgan fingerprint density at radius 1 is 0.800 bits per heavy atom. The normalized spacial score (nSPS) is 10.6. The number of pyridine rings is 1. The van der Waals surface area contributed by atoms with Crippen LogP contribution < -0.4 is 10.1 Å². The Balaban J connectivity index is 1.85. The predicted octanol–water partition coefficient (Wildman–Crippen LogP) is 5.65. The fraction of sp³-hybridized carbons (Fsp3) is 0.0455. The molecule has 25 heavy (non-hydrogen) atoms. The summed E-state index contributed by atoms with van der Waals surface area (Å²) in [5, 5.41) is 4.57. The van der Waals surface area contributed by atoms with E-state index in [0.29, 0.717) is 0 Å². The molecule has 122 valence electrons.